The van der Waals surface area contributed by atoms with Crippen LogP contribution in [0, 0.1) is 0 Å². The lowest BCUT2D eigenvalue weighted by Crippen LogP contribution is -2.44. The van der Waals surface area contributed by atoms with Crippen LogP contribution in [-0.2, 0) is 22.3 Å². The highest BCUT2D eigenvalue weighted by Crippen LogP contribution is 2.33. The third-order valence-electron chi connectivity index (χ3n) is 5.43. The molecule has 3 aromatic carbocycles. The summed E-state index contributed by atoms with van der Waals surface area (Å²) in [5, 5.41) is 11.0. The molecule has 37 heavy (non-hydrogen) atoms. The molecule has 7 nitrogen and oxygen atoms in total. The lowest BCUT2D eigenvalue weighted by molar-refractivity contribution is -0.137. The smallest absolute Gasteiger partial charge is 0.416 e. The van der Waals surface area contributed by atoms with E-state index in [1.807, 2.05) is 30.3 Å². The Morgan fingerprint density at radius 3 is 2.24 bits per heavy atom. The van der Waals surface area contributed by atoms with Gasteiger partial charge in [0.05, 0.1) is 23.4 Å². The van der Waals surface area contributed by atoms with E-state index in [0.29, 0.717) is 5.69 Å². The third kappa shape index (κ3) is 6.56. The zero-order chi connectivity index (χ0) is 26.6. The van der Waals surface area contributed by atoms with Crippen molar-refractivity contribution in [2.24, 2.45) is 4.99 Å². The molecule has 0 spiro atoms. The molecule has 1 heterocycles. The van der Waals surface area contributed by atoms with Gasteiger partial charge in [-0.15, -0.1) is 0 Å². The van der Waals surface area contributed by atoms with Crippen LogP contribution in [0.15, 0.2) is 83.9 Å². The van der Waals surface area contributed by atoms with E-state index in [-0.39, 0.29) is 35.3 Å². The van der Waals surface area contributed by atoms with E-state index in [0.717, 1.165) is 29.5 Å². The van der Waals surface area contributed by atoms with Gasteiger partial charge < -0.3 is 10.4 Å². The van der Waals surface area contributed by atoms with E-state index in [1.165, 1.54) is 41.3 Å². The Bertz CT molecular complexity index is 1330. The predicted octanol–water partition coefficient (Wildman–Crippen LogP) is 5.56. The predicted molar refractivity (Wildman–Crippen MR) is 134 cm³/mol. The van der Waals surface area contributed by atoms with E-state index in [1.54, 1.807) is 0 Å². The number of carbonyl (C=O) groups is 3. The van der Waals surface area contributed by atoms with Gasteiger partial charge in [0.2, 0.25) is 11.8 Å². The van der Waals surface area contributed by atoms with Gasteiger partial charge in [0.15, 0.2) is 5.17 Å². The van der Waals surface area contributed by atoms with E-state index in [9.17, 15) is 27.6 Å². The number of carboxylic acid groups (broad SMARTS) is 1. The van der Waals surface area contributed by atoms with Crippen molar-refractivity contribution in [2.45, 2.75) is 24.4 Å². The molecule has 0 aliphatic carbocycles. The van der Waals surface area contributed by atoms with Crippen LogP contribution in [0.3, 0.4) is 0 Å². The van der Waals surface area contributed by atoms with Crippen LogP contribution in [0.2, 0.25) is 0 Å². The molecule has 0 saturated carbocycles. The zero-order valence-corrected chi connectivity index (χ0v) is 19.9. The van der Waals surface area contributed by atoms with Crippen LogP contribution in [0.25, 0.3) is 0 Å². The van der Waals surface area contributed by atoms with E-state index < -0.39 is 28.9 Å². The summed E-state index contributed by atoms with van der Waals surface area (Å²) in [6.07, 6.45) is -4.62. The van der Waals surface area contributed by atoms with Crippen LogP contribution < -0.4 is 5.32 Å². The van der Waals surface area contributed by atoms with Crippen molar-refractivity contribution in [2.75, 3.05) is 5.32 Å². The summed E-state index contributed by atoms with van der Waals surface area (Å²) in [5.41, 5.74) is 0.611. The first-order chi connectivity index (χ1) is 17.6. The van der Waals surface area contributed by atoms with Crippen molar-refractivity contribution >= 4 is 46.1 Å². The van der Waals surface area contributed by atoms with Crippen molar-refractivity contribution in [3.8, 4) is 0 Å². The van der Waals surface area contributed by atoms with Gasteiger partial charge in [-0.2, -0.15) is 13.2 Å². The summed E-state index contributed by atoms with van der Waals surface area (Å²) in [5.74, 6) is -1.95. The number of thioether (sulfide) groups is 1. The number of hydrogen-bond donors (Lipinski definition) is 2. The van der Waals surface area contributed by atoms with Crippen molar-refractivity contribution < 1.29 is 32.7 Å². The minimum atomic E-state index is -4.49. The lowest BCUT2D eigenvalue weighted by Gasteiger charge is -2.32. The summed E-state index contributed by atoms with van der Waals surface area (Å²) < 4.78 is 38.8. The van der Waals surface area contributed by atoms with E-state index >= 15 is 0 Å². The Labute approximate surface area is 214 Å². The molecule has 3 aromatic rings. The fourth-order valence-electron chi connectivity index (χ4n) is 3.52. The highest BCUT2D eigenvalue weighted by Gasteiger charge is 2.36. The number of nitrogens with one attached hydrogen (secondary N) is 1. The fourth-order valence-corrected chi connectivity index (χ4v) is 4.62. The average Bonchev–Trinajstić information content (AvgIpc) is 2.86. The molecule has 1 atom stereocenters. The maximum Gasteiger partial charge on any atom is 0.416 e. The number of hydrogen-bond acceptors (Lipinski definition) is 5. The Balaban J connectivity index is 1.58. The molecule has 1 aliphatic heterocycles. The van der Waals surface area contributed by atoms with Gasteiger partial charge in [0, 0.05) is 12.1 Å². The number of amides is 2. The topological polar surface area (TPSA) is 99.1 Å². The molecule has 0 bridgehead atoms. The first kappa shape index (κ1) is 26.0. The zero-order valence-electron chi connectivity index (χ0n) is 19.1. The second-order valence-electron chi connectivity index (χ2n) is 8.09. The third-order valence-corrected chi connectivity index (χ3v) is 6.62. The van der Waals surface area contributed by atoms with Crippen LogP contribution >= 0.6 is 11.8 Å². The summed E-state index contributed by atoms with van der Waals surface area (Å²) in [6, 6.07) is 18.9. The van der Waals surface area contributed by atoms with Gasteiger partial charge in [-0.25, -0.2) is 9.79 Å². The van der Waals surface area contributed by atoms with Crippen molar-refractivity contribution in [3.63, 3.8) is 0 Å². The number of carbonyl (C=O) groups excluding carboxylic acids is 2. The summed E-state index contributed by atoms with van der Waals surface area (Å²) in [6.45, 7) is 0.178. The lowest BCUT2D eigenvalue weighted by atomic mass is 10.2. The van der Waals surface area contributed by atoms with Gasteiger partial charge in [-0.05, 0) is 54.1 Å². The van der Waals surface area contributed by atoms with E-state index in [4.69, 9.17) is 5.11 Å². The SMILES string of the molecule is O=C(O)c1ccc(NC(=O)[C@H]2CC(=O)N(Cc3ccccc3)C(=Nc3ccc(C(F)(F)F)cc3)S2)cc1. The summed E-state index contributed by atoms with van der Waals surface area (Å²) >= 11 is 1.03. The number of aromatic carboxylic acids is 1. The number of halogens is 3. The molecule has 2 amide bonds. The van der Waals surface area contributed by atoms with Crippen LogP contribution in [-0.4, -0.2) is 38.2 Å². The van der Waals surface area contributed by atoms with Crippen LogP contribution in [0.4, 0.5) is 24.5 Å². The molecule has 1 aliphatic rings. The number of anilines is 1. The molecular weight excluding hydrogens is 507 g/mol. The molecule has 0 aromatic heterocycles. The normalized spacial score (nSPS) is 17.1. The van der Waals surface area contributed by atoms with Crippen LogP contribution in [0.1, 0.15) is 27.9 Å². The number of carboxylic acids is 1. The molecule has 1 fully saturated rings. The Morgan fingerprint density at radius 1 is 1.00 bits per heavy atom. The fraction of sp³-hybridized carbons (Fsp3) is 0.154. The van der Waals surface area contributed by atoms with Gasteiger partial charge >= 0.3 is 12.1 Å². The highest BCUT2D eigenvalue weighted by atomic mass is 32.2. The van der Waals surface area contributed by atoms with Gasteiger partial charge in [0.25, 0.3) is 0 Å². The monoisotopic (exact) mass is 527 g/mol. The number of aliphatic imine (C=N–C) groups is 1. The first-order valence-electron chi connectivity index (χ1n) is 11.0. The molecule has 4 rings (SSSR count). The highest BCUT2D eigenvalue weighted by molar-refractivity contribution is 8.15. The Morgan fingerprint density at radius 2 is 1.65 bits per heavy atom. The minimum Gasteiger partial charge on any atom is -0.478 e. The standard InChI is InChI=1S/C26H20F3N3O4S/c27-26(28,29)18-8-12-20(13-9-18)31-25-32(15-16-4-2-1-3-5-16)22(33)14-21(37-25)23(34)30-19-10-6-17(7-11-19)24(35)36/h1-13,21H,14-15H2,(H,30,34)(H,35,36)/t21-/m1/s1. The molecule has 1 saturated heterocycles. The number of nitrogens with zero attached hydrogens (tertiary/aromatic N) is 2. The van der Waals surface area contributed by atoms with E-state index in [2.05, 4.69) is 10.3 Å². The second-order valence-corrected chi connectivity index (χ2v) is 9.26. The van der Waals surface area contributed by atoms with Crippen molar-refractivity contribution in [1.29, 1.82) is 0 Å². The average molecular weight is 528 g/mol. The Kier molecular flexibility index (Phi) is 7.63. The van der Waals surface area contributed by atoms with Crippen molar-refractivity contribution in [1.82, 2.24) is 4.90 Å². The quantitative estimate of drug-likeness (QED) is 0.437. The number of alkyl halides is 3. The molecule has 0 unspecified atom stereocenters. The Hall–Kier alpha value is -4.12. The second kappa shape index (κ2) is 10.9. The first-order valence-corrected chi connectivity index (χ1v) is 11.9. The summed E-state index contributed by atoms with van der Waals surface area (Å²) in [7, 11) is 0. The van der Waals surface area contributed by atoms with Gasteiger partial charge in [-0.1, -0.05) is 42.1 Å². The van der Waals surface area contributed by atoms with Gasteiger partial charge in [0.1, 0.15) is 5.25 Å². The molecule has 0 radical (unpaired) electrons. The van der Waals surface area contributed by atoms with Crippen LogP contribution in [0.5, 0.6) is 0 Å². The maximum atomic E-state index is 13.1. The minimum absolute atomic E-state index is 0.0581. The number of amidine groups is 1. The van der Waals surface area contributed by atoms with Crippen molar-refractivity contribution in [3.05, 3.63) is 95.6 Å². The number of rotatable bonds is 6. The molecule has 11 heteroatoms. The molecule has 190 valence electrons. The largest absolute Gasteiger partial charge is 0.478 e. The number of benzene rings is 3. The van der Waals surface area contributed by atoms with Gasteiger partial charge in [-0.3, -0.25) is 14.5 Å². The maximum absolute atomic E-state index is 13.1. The molecular formula is C26H20F3N3O4S. The summed E-state index contributed by atoms with van der Waals surface area (Å²) in [4.78, 5) is 42.9. The molecule has 2 N–H and O–H groups in total.